The number of fused-ring (bicyclic) bond motifs is 2. The van der Waals surface area contributed by atoms with Crippen molar-refractivity contribution in [3.05, 3.63) is 54.3 Å². The molecular formula is C22H22F3N3O2S. The first kappa shape index (κ1) is 20.5. The van der Waals surface area contributed by atoms with E-state index in [0.717, 1.165) is 29.7 Å². The molecule has 1 fully saturated rings. The first-order chi connectivity index (χ1) is 14.8. The Bertz CT molecular complexity index is 1320. The minimum atomic E-state index is -3.19. The maximum absolute atomic E-state index is 15.6. The number of alkyl halides is 2. The van der Waals surface area contributed by atoms with Crippen molar-refractivity contribution in [2.24, 2.45) is 5.73 Å². The van der Waals surface area contributed by atoms with E-state index in [2.05, 4.69) is 4.98 Å². The smallest absolute Gasteiger partial charge is 0.329 e. The summed E-state index contributed by atoms with van der Waals surface area (Å²) in [4.78, 5) is 28.8. The highest BCUT2D eigenvalue weighted by Gasteiger charge is 2.34. The molecule has 1 unspecified atom stereocenters. The molecule has 3 N–H and O–H groups in total. The third-order valence-corrected chi connectivity index (χ3v) is 7.73. The van der Waals surface area contributed by atoms with Gasteiger partial charge in [-0.15, -0.1) is 11.3 Å². The van der Waals surface area contributed by atoms with E-state index in [9.17, 15) is 18.4 Å². The molecule has 164 valence electrons. The number of aryl methyl sites for hydroxylation is 2. The molecule has 3 aromatic rings. The molecule has 0 spiro atoms. The standard InChI is InChI=1S/C22H22F3N3O2S/c1-9-15(14-7-12-10(8-26)3-2-4-13(12)31-14)18(23)16(20(24)25)17-19(9)28(11-5-6-11)22(30)27-21(17)29/h7,10-11,20H,2-6,8,26H2,1H3,(H,27,29,30). The Morgan fingerprint density at radius 1 is 1.29 bits per heavy atom. The van der Waals surface area contributed by atoms with Crippen LogP contribution in [0, 0.1) is 12.7 Å². The maximum atomic E-state index is 15.6. The molecule has 1 aromatic carbocycles. The van der Waals surface area contributed by atoms with Crippen molar-refractivity contribution in [3.8, 4) is 10.4 Å². The molecule has 0 bridgehead atoms. The fourth-order valence-corrected chi connectivity index (χ4v) is 6.28. The molecule has 1 atom stereocenters. The van der Waals surface area contributed by atoms with E-state index in [1.165, 1.54) is 15.9 Å². The molecular weight excluding hydrogens is 427 g/mol. The first-order valence-electron chi connectivity index (χ1n) is 10.4. The Balaban J connectivity index is 1.89. The molecule has 5 nitrogen and oxygen atoms in total. The number of halogens is 3. The summed E-state index contributed by atoms with van der Waals surface area (Å²) in [6.07, 6.45) is 0.994. The molecule has 1 saturated carbocycles. The van der Waals surface area contributed by atoms with Gasteiger partial charge in [-0.2, -0.15) is 0 Å². The first-order valence-corrected chi connectivity index (χ1v) is 11.3. The van der Waals surface area contributed by atoms with E-state index < -0.39 is 34.4 Å². The van der Waals surface area contributed by atoms with Gasteiger partial charge >= 0.3 is 5.69 Å². The second kappa shape index (κ2) is 7.34. The Hall–Kier alpha value is -2.39. The number of nitrogens with two attached hydrogens (primary N) is 1. The van der Waals surface area contributed by atoms with Gasteiger partial charge in [-0.3, -0.25) is 14.3 Å². The van der Waals surface area contributed by atoms with Gasteiger partial charge in [0.1, 0.15) is 5.82 Å². The highest BCUT2D eigenvalue weighted by molar-refractivity contribution is 7.15. The van der Waals surface area contributed by atoms with Crippen LogP contribution >= 0.6 is 11.3 Å². The van der Waals surface area contributed by atoms with Crippen molar-refractivity contribution in [1.29, 1.82) is 0 Å². The van der Waals surface area contributed by atoms with Crippen molar-refractivity contribution >= 4 is 22.2 Å². The summed E-state index contributed by atoms with van der Waals surface area (Å²) >= 11 is 1.39. The largest absolute Gasteiger partial charge is 0.330 e. The zero-order chi connectivity index (χ0) is 22.0. The summed E-state index contributed by atoms with van der Waals surface area (Å²) in [6, 6.07) is 1.68. The van der Waals surface area contributed by atoms with Crippen molar-refractivity contribution in [1.82, 2.24) is 9.55 Å². The highest BCUT2D eigenvalue weighted by Crippen LogP contribution is 2.46. The van der Waals surface area contributed by atoms with Crippen LogP contribution in [0.3, 0.4) is 0 Å². The van der Waals surface area contributed by atoms with E-state index >= 15 is 4.39 Å². The van der Waals surface area contributed by atoms with Crippen molar-refractivity contribution in [2.75, 3.05) is 6.54 Å². The fourth-order valence-electron chi connectivity index (χ4n) is 4.89. The minimum Gasteiger partial charge on any atom is -0.330 e. The van der Waals surface area contributed by atoms with Gasteiger partial charge in [-0.25, -0.2) is 18.0 Å². The summed E-state index contributed by atoms with van der Waals surface area (Å²) in [5.74, 6) is -0.922. The SMILES string of the molecule is Cc1c(-c2cc3c(s2)CCCC3CN)c(F)c(C(F)F)c2c(=O)[nH]c(=O)n(C3CC3)c12. The lowest BCUT2D eigenvalue weighted by Gasteiger charge is -2.20. The summed E-state index contributed by atoms with van der Waals surface area (Å²) in [6.45, 7) is 2.08. The third kappa shape index (κ3) is 3.09. The minimum absolute atomic E-state index is 0.0531. The lowest BCUT2D eigenvalue weighted by atomic mass is 9.87. The normalized spacial score (nSPS) is 18.7. The topological polar surface area (TPSA) is 80.9 Å². The van der Waals surface area contributed by atoms with E-state index in [0.29, 0.717) is 29.8 Å². The zero-order valence-electron chi connectivity index (χ0n) is 16.9. The zero-order valence-corrected chi connectivity index (χ0v) is 17.8. The van der Waals surface area contributed by atoms with E-state index in [4.69, 9.17) is 5.73 Å². The quantitative estimate of drug-likeness (QED) is 0.615. The number of H-pyrrole nitrogens is 1. The van der Waals surface area contributed by atoms with Crippen molar-refractivity contribution in [2.45, 2.75) is 57.4 Å². The molecule has 2 aromatic heterocycles. The molecule has 0 amide bonds. The monoisotopic (exact) mass is 449 g/mol. The predicted octanol–water partition coefficient (Wildman–Crippen LogP) is 4.52. The number of nitrogens with one attached hydrogen (secondary N) is 1. The summed E-state index contributed by atoms with van der Waals surface area (Å²) < 4.78 is 45.1. The highest BCUT2D eigenvalue weighted by atomic mass is 32.1. The van der Waals surface area contributed by atoms with Crippen LogP contribution in [0.25, 0.3) is 21.3 Å². The Morgan fingerprint density at radius 3 is 2.68 bits per heavy atom. The molecule has 9 heteroatoms. The van der Waals surface area contributed by atoms with Crippen molar-refractivity contribution < 1.29 is 13.2 Å². The summed E-state index contributed by atoms with van der Waals surface area (Å²) in [5.41, 5.74) is 4.92. The van der Waals surface area contributed by atoms with Gasteiger partial charge < -0.3 is 5.73 Å². The predicted molar refractivity (Wildman–Crippen MR) is 115 cm³/mol. The van der Waals surface area contributed by atoms with Crippen molar-refractivity contribution in [3.63, 3.8) is 0 Å². The average Bonchev–Trinajstić information content (AvgIpc) is 3.46. The molecule has 2 heterocycles. The molecule has 0 radical (unpaired) electrons. The third-order valence-electron chi connectivity index (χ3n) is 6.50. The number of hydrogen-bond donors (Lipinski definition) is 2. The van der Waals surface area contributed by atoms with Gasteiger partial charge in [0.05, 0.1) is 16.5 Å². The van der Waals surface area contributed by atoms with Gasteiger partial charge in [0.2, 0.25) is 0 Å². The molecule has 0 aliphatic heterocycles. The van der Waals surface area contributed by atoms with Crippen LogP contribution in [0.2, 0.25) is 0 Å². The number of benzene rings is 1. The Kier molecular flexibility index (Phi) is 4.86. The van der Waals surface area contributed by atoms with Gasteiger partial charge in [0, 0.05) is 21.4 Å². The van der Waals surface area contributed by atoms with Gasteiger partial charge in [-0.1, -0.05) is 0 Å². The second-order valence-electron chi connectivity index (χ2n) is 8.43. The molecule has 2 aliphatic carbocycles. The van der Waals surface area contributed by atoms with E-state index in [-0.39, 0.29) is 23.0 Å². The maximum Gasteiger partial charge on any atom is 0.329 e. The van der Waals surface area contributed by atoms with Crippen LogP contribution in [0.5, 0.6) is 0 Å². The van der Waals surface area contributed by atoms with Gasteiger partial charge in [0.15, 0.2) is 0 Å². The van der Waals surface area contributed by atoms with Gasteiger partial charge in [-0.05, 0) is 68.7 Å². The number of rotatable bonds is 4. The van der Waals surface area contributed by atoms with Gasteiger partial charge in [0.25, 0.3) is 12.0 Å². The molecule has 31 heavy (non-hydrogen) atoms. The van der Waals surface area contributed by atoms with Crippen LogP contribution in [0.4, 0.5) is 13.2 Å². The van der Waals surface area contributed by atoms with E-state index in [1.807, 2.05) is 6.07 Å². The van der Waals surface area contributed by atoms with Crippen LogP contribution in [-0.4, -0.2) is 16.1 Å². The number of aromatic nitrogens is 2. The molecule has 5 rings (SSSR count). The molecule has 2 aliphatic rings. The lowest BCUT2D eigenvalue weighted by molar-refractivity contribution is 0.148. The molecule has 0 saturated heterocycles. The van der Waals surface area contributed by atoms with E-state index in [1.54, 1.807) is 6.92 Å². The number of nitrogens with zero attached hydrogens (tertiary/aromatic N) is 1. The lowest BCUT2D eigenvalue weighted by Crippen LogP contribution is -2.31. The number of hydrogen-bond acceptors (Lipinski definition) is 4. The van der Waals surface area contributed by atoms with Crippen LogP contribution in [0.1, 0.15) is 65.6 Å². The average molecular weight is 449 g/mol. The van der Waals surface area contributed by atoms with Crippen LogP contribution < -0.4 is 17.0 Å². The summed E-state index contributed by atoms with van der Waals surface area (Å²) in [5, 5.41) is -0.429. The number of aromatic amines is 1. The number of thiophene rings is 1. The Labute approximate surface area is 179 Å². The Morgan fingerprint density at radius 2 is 2.03 bits per heavy atom. The fraction of sp³-hybridized carbons (Fsp3) is 0.455. The second-order valence-corrected chi connectivity index (χ2v) is 9.56. The van der Waals surface area contributed by atoms with Crippen LogP contribution in [0.15, 0.2) is 15.7 Å². The summed E-state index contributed by atoms with van der Waals surface area (Å²) in [7, 11) is 0. The van der Waals surface area contributed by atoms with Crippen LogP contribution in [-0.2, 0) is 6.42 Å².